The van der Waals surface area contributed by atoms with Gasteiger partial charge in [0, 0.05) is 31.7 Å². The number of likely N-dealkylation sites (tertiary alicyclic amines) is 2. The lowest BCUT2D eigenvalue weighted by Gasteiger charge is -2.39. The van der Waals surface area contributed by atoms with Gasteiger partial charge in [0.05, 0.1) is 26.3 Å². The van der Waals surface area contributed by atoms with Crippen LogP contribution in [0.25, 0.3) is 0 Å². The van der Waals surface area contributed by atoms with Crippen molar-refractivity contribution in [3.63, 3.8) is 0 Å². The molecule has 3 heterocycles. The molecule has 2 aliphatic rings. The van der Waals surface area contributed by atoms with Crippen LogP contribution in [0.15, 0.2) is 53.1 Å². The van der Waals surface area contributed by atoms with Crippen molar-refractivity contribution < 1.29 is 33.1 Å². The third kappa shape index (κ3) is 6.39. The van der Waals surface area contributed by atoms with Gasteiger partial charge in [-0.3, -0.25) is 19.2 Å². The van der Waals surface area contributed by atoms with Gasteiger partial charge in [0.25, 0.3) is 11.8 Å². The zero-order valence-corrected chi connectivity index (χ0v) is 21.3. The smallest absolute Gasteiger partial charge is 0.328 e. The minimum atomic E-state index is -1.09. The molecule has 2 fully saturated rings. The predicted octanol–water partition coefficient (Wildman–Crippen LogP) is 1.21. The Balaban J connectivity index is 1.26. The number of amides is 4. The van der Waals surface area contributed by atoms with Crippen LogP contribution in [0, 0.1) is 5.41 Å². The van der Waals surface area contributed by atoms with E-state index in [9.17, 15) is 24.0 Å². The first-order valence-corrected chi connectivity index (χ1v) is 12.6. The van der Waals surface area contributed by atoms with Gasteiger partial charge in [-0.2, -0.15) is 0 Å². The number of benzene rings is 1. The number of hydrogen-bond donors (Lipinski definition) is 2. The van der Waals surface area contributed by atoms with Crippen molar-refractivity contribution in [3.8, 4) is 0 Å². The van der Waals surface area contributed by atoms with Gasteiger partial charge in [0.1, 0.15) is 6.04 Å². The van der Waals surface area contributed by atoms with Gasteiger partial charge in [-0.05, 0) is 48.9 Å². The number of carbonyl (C=O) groups excluding carboxylic acids is 5. The number of esters is 1. The summed E-state index contributed by atoms with van der Waals surface area (Å²) in [5.41, 5.74) is 0.286. The lowest BCUT2D eigenvalue weighted by atomic mass is 9.78. The van der Waals surface area contributed by atoms with E-state index in [2.05, 4.69) is 10.6 Å². The average Bonchev–Trinajstić information content (AvgIpc) is 3.63. The van der Waals surface area contributed by atoms with Gasteiger partial charge in [0.2, 0.25) is 11.8 Å². The van der Waals surface area contributed by atoms with E-state index < -0.39 is 23.8 Å². The van der Waals surface area contributed by atoms with Crippen molar-refractivity contribution in [1.29, 1.82) is 0 Å². The molecule has 4 amide bonds. The molecule has 0 radical (unpaired) electrons. The molecule has 38 heavy (non-hydrogen) atoms. The zero-order valence-electron chi connectivity index (χ0n) is 21.3. The summed E-state index contributed by atoms with van der Waals surface area (Å²) in [5.74, 6) is -1.82. The van der Waals surface area contributed by atoms with Crippen molar-refractivity contribution >= 4 is 29.6 Å². The molecule has 0 saturated carbocycles. The molecule has 2 aliphatic heterocycles. The summed E-state index contributed by atoms with van der Waals surface area (Å²) in [6.07, 6.45) is 3.48. The number of nitrogens with zero attached hydrogens (tertiary/aromatic N) is 2. The molecule has 4 rings (SSSR count). The fraction of sp³-hybridized carbons (Fsp3) is 0.444. The Kier molecular flexibility index (Phi) is 8.45. The molecule has 202 valence electrons. The van der Waals surface area contributed by atoms with E-state index in [1.165, 1.54) is 19.4 Å². The van der Waals surface area contributed by atoms with E-state index in [1.807, 2.05) is 0 Å². The van der Waals surface area contributed by atoms with E-state index in [0.29, 0.717) is 31.7 Å². The highest BCUT2D eigenvalue weighted by Gasteiger charge is 2.43. The van der Waals surface area contributed by atoms with Crippen LogP contribution in [0.4, 0.5) is 0 Å². The topological polar surface area (TPSA) is 138 Å². The highest BCUT2D eigenvalue weighted by Crippen LogP contribution is 2.40. The first-order chi connectivity index (χ1) is 18.3. The maximum absolute atomic E-state index is 13.1. The summed E-state index contributed by atoms with van der Waals surface area (Å²) in [4.78, 5) is 66.0. The monoisotopic (exact) mass is 524 g/mol. The minimum absolute atomic E-state index is 0.0993. The van der Waals surface area contributed by atoms with Crippen molar-refractivity contribution in [3.05, 3.63) is 60.1 Å². The third-order valence-corrected chi connectivity index (χ3v) is 7.32. The predicted molar refractivity (Wildman–Crippen MR) is 135 cm³/mol. The van der Waals surface area contributed by atoms with Crippen molar-refractivity contribution in [2.24, 2.45) is 5.41 Å². The summed E-state index contributed by atoms with van der Waals surface area (Å²) in [7, 11) is 1.22. The van der Waals surface area contributed by atoms with E-state index in [1.54, 1.807) is 46.2 Å². The second kappa shape index (κ2) is 11.9. The number of piperidine rings is 1. The SMILES string of the molecule is COC(=O)[C@H](CC(=O)N1CCC2(CCN(C(=O)CNC(=O)c3ccco3)CC2)C1)NC(=O)c1ccccc1. The first kappa shape index (κ1) is 26.9. The summed E-state index contributed by atoms with van der Waals surface area (Å²) in [6, 6.07) is 10.5. The van der Waals surface area contributed by atoms with E-state index in [4.69, 9.17) is 9.15 Å². The number of furan rings is 1. The van der Waals surface area contributed by atoms with Gasteiger partial charge in [-0.1, -0.05) is 18.2 Å². The molecular weight excluding hydrogens is 492 g/mol. The molecule has 1 spiro atoms. The lowest BCUT2D eigenvalue weighted by Crippen LogP contribution is -2.48. The molecule has 2 aromatic rings. The highest BCUT2D eigenvalue weighted by molar-refractivity contribution is 5.98. The Hall–Kier alpha value is -4.15. The van der Waals surface area contributed by atoms with Gasteiger partial charge in [-0.15, -0.1) is 0 Å². The normalized spacial score (nSPS) is 17.1. The van der Waals surface area contributed by atoms with Crippen molar-refractivity contribution in [2.75, 3.05) is 39.8 Å². The molecule has 1 atom stereocenters. The molecule has 11 nitrogen and oxygen atoms in total. The van der Waals surface area contributed by atoms with Gasteiger partial charge in [0.15, 0.2) is 5.76 Å². The van der Waals surface area contributed by atoms with Crippen LogP contribution < -0.4 is 10.6 Å². The van der Waals surface area contributed by atoms with Crippen LogP contribution >= 0.6 is 0 Å². The molecule has 1 aromatic carbocycles. The largest absolute Gasteiger partial charge is 0.467 e. The zero-order chi connectivity index (χ0) is 27.1. The Morgan fingerprint density at radius 3 is 2.24 bits per heavy atom. The third-order valence-electron chi connectivity index (χ3n) is 7.32. The maximum Gasteiger partial charge on any atom is 0.328 e. The van der Waals surface area contributed by atoms with Crippen LogP contribution in [0.2, 0.25) is 0 Å². The van der Waals surface area contributed by atoms with E-state index in [0.717, 1.165) is 19.3 Å². The van der Waals surface area contributed by atoms with Gasteiger partial charge >= 0.3 is 5.97 Å². The molecule has 1 aromatic heterocycles. The molecule has 0 bridgehead atoms. The van der Waals surface area contributed by atoms with Crippen LogP contribution in [-0.4, -0.2) is 85.3 Å². The maximum atomic E-state index is 13.1. The van der Waals surface area contributed by atoms with Crippen LogP contribution in [0.3, 0.4) is 0 Å². The number of rotatable bonds is 8. The summed E-state index contributed by atoms with van der Waals surface area (Å²) >= 11 is 0. The number of methoxy groups -OCH3 is 1. The standard InChI is InChI=1S/C27H32N4O7/c1-37-26(36)20(29-24(34)19-6-3-2-4-7-19)16-22(32)31-14-11-27(18-31)9-12-30(13-10-27)23(33)17-28-25(35)21-8-5-15-38-21/h2-8,15,20H,9-14,16-18H2,1H3,(H,28,35)(H,29,34)/t20-/m0/s1. The Morgan fingerprint density at radius 2 is 1.61 bits per heavy atom. The van der Waals surface area contributed by atoms with Crippen LogP contribution in [0.1, 0.15) is 46.6 Å². The van der Waals surface area contributed by atoms with E-state index >= 15 is 0 Å². The molecule has 11 heteroatoms. The summed E-state index contributed by atoms with van der Waals surface area (Å²) in [6.45, 7) is 2.04. The minimum Gasteiger partial charge on any atom is -0.467 e. The summed E-state index contributed by atoms with van der Waals surface area (Å²) < 4.78 is 9.85. The molecular formula is C27H32N4O7. The van der Waals surface area contributed by atoms with Crippen LogP contribution in [0.5, 0.6) is 0 Å². The first-order valence-electron chi connectivity index (χ1n) is 12.6. The molecule has 0 unspecified atom stereocenters. The Labute approximate surface area is 220 Å². The fourth-order valence-electron chi connectivity index (χ4n) is 5.02. The van der Waals surface area contributed by atoms with Gasteiger partial charge in [-0.25, -0.2) is 4.79 Å². The fourth-order valence-corrected chi connectivity index (χ4v) is 5.02. The van der Waals surface area contributed by atoms with Crippen LogP contribution in [-0.2, 0) is 19.1 Å². The summed E-state index contributed by atoms with van der Waals surface area (Å²) in [5, 5.41) is 5.19. The number of nitrogens with one attached hydrogen (secondary N) is 2. The number of carbonyl (C=O) groups is 5. The molecule has 0 aliphatic carbocycles. The number of hydrogen-bond acceptors (Lipinski definition) is 7. The Bertz CT molecular complexity index is 1160. The molecule has 2 saturated heterocycles. The highest BCUT2D eigenvalue weighted by atomic mass is 16.5. The second-order valence-electron chi connectivity index (χ2n) is 9.73. The average molecular weight is 525 g/mol. The van der Waals surface area contributed by atoms with E-state index in [-0.39, 0.29) is 36.0 Å². The number of ether oxygens (including phenoxy) is 1. The van der Waals surface area contributed by atoms with Crippen molar-refractivity contribution in [1.82, 2.24) is 20.4 Å². The van der Waals surface area contributed by atoms with Crippen molar-refractivity contribution in [2.45, 2.75) is 31.7 Å². The molecule has 2 N–H and O–H groups in total. The van der Waals surface area contributed by atoms with Gasteiger partial charge < -0.3 is 29.6 Å². The quantitative estimate of drug-likeness (QED) is 0.495. The lowest BCUT2D eigenvalue weighted by molar-refractivity contribution is -0.146. The second-order valence-corrected chi connectivity index (χ2v) is 9.73. The Morgan fingerprint density at radius 1 is 0.921 bits per heavy atom.